The molecule has 4 aromatic carbocycles. The minimum absolute atomic E-state index is 0.541. The molecule has 6 heteroatoms. The van der Waals surface area contributed by atoms with Crippen LogP contribution in [0.5, 0.6) is 0 Å². The molecular formula is C26H22Cl2Pd2Se2. The molecule has 0 amide bonds. The summed E-state index contributed by atoms with van der Waals surface area (Å²) >= 11 is 5.53. The van der Waals surface area contributed by atoms with Crippen molar-refractivity contribution in [2.45, 2.75) is 10.6 Å². The van der Waals surface area contributed by atoms with Gasteiger partial charge in [-0.25, -0.2) is 0 Å². The average molecular weight is 776 g/mol. The van der Waals surface area contributed by atoms with Gasteiger partial charge in [0.1, 0.15) is 0 Å². The van der Waals surface area contributed by atoms with Crippen LogP contribution in [0.1, 0.15) is 11.1 Å². The van der Waals surface area contributed by atoms with Gasteiger partial charge in [-0.1, -0.05) is 0 Å². The summed E-state index contributed by atoms with van der Waals surface area (Å²) in [5, 5.41) is 2.27. The molecule has 32 heavy (non-hydrogen) atoms. The maximum atomic E-state index is 4.49. The van der Waals surface area contributed by atoms with Crippen molar-refractivity contribution in [2.75, 3.05) is 0 Å². The van der Waals surface area contributed by atoms with Crippen molar-refractivity contribution in [2.24, 2.45) is 0 Å². The second-order valence-corrected chi connectivity index (χ2v) is 10.4. The van der Waals surface area contributed by atoms with Crippen molar-refractivity contribution >= 4 is 57.9 Å². The summed E-state index contributed by atoms with van der Waals surface area (Å²) in [6.45, 7) is 0. The molecule has 0 nitrogen and oxygen atoms in total. The quantitative estimate of drug-likeness (QED) is 0.182. The molecule has 0 atom stereocenters. The second-order valence-electron chi connectivity index (χ2n) is 5.98. The van der Waals surface area contributed by atoms with Crippen molar-refractivity contribution in [3.63, 3.8) is 0 Å². The predicted molar refractivity (Wildman–Crippen MR) is 133 cm³/mol. The van der Waals surface area contributed by atoms with E-state index in [9.17, 15) is 0 Å². The summed E-state index contributed by atoms with van der Waals surface area (Å²) < 4.78 is 2.91. The molecule has 0 radical (unpaired) electrons. The Morgan fingerprint density at radius 1 is 0.500 bits per heavy atom. The Labute approximate surface area is 235 Å². The van der Waals surface area contributed by atoms with E-state index in [1.165, 1.54) is 20.1 Å². The second kappa shape index (κ2) is 21.4. The van der Waals surface area contributed by atoms with Crippen molar-refractivity contribution in [3.8, 4) is 0 Å². The summed E-state index contributed by atoms with van der Waals surface area (Å²) in [7, 11) is 8.98. The van der Waals surface area contributed by atoms with E-state index in [0.717, 1.165) is 10.6 Å². The van der Waals surface area contributed by atoms with Gasteiger partial charge in [0, 0.05) is 0 Å². The third-order valence-corrected chi connectivity index (χ3v) is 8.27. The molecule has 4 aromatic rings. The fourth-order valence-electron chi connectivity index (χ4n) is 2.40. The Balaban J connectivity index is 0.000000277. The van der Waals surface area contributed by atoms with Crippen LogP contribution in [-0.4, -0.2) is 29.9 Å². The topological polar surface area (TPSA) is 0 Å². The molecule has 0 bridgehead atoms. The van der Waals surface area contributed by atoms with Gasteiger partial charge in [-0.2, -0.15) is 0 Å². The summed E-state index contributed by atoms with van der Waals surface area (Å²) in [6, 6.07) is 44.3. The van der Waals surface area contributed by atoms with Gasteiger partial charge in [-0.15, -0.1) is 0 Å². The standard InChI is InChI=1S/2C13H11Se.2ClH.2Pd/c2*1-3-7-12(8-4-1)11-14-13-9-5-2-6-10-13;;;;/h2*1-7,9-10H,11H2;2*1H;;/q2*-1;;;2*+2/p-2. The van der Waals surface area contributed by atoms with Crippen LogP contribution in [-0.2, 0) is 47.0 Å². The van der Waals surface area contributed by atoms with E-state index in [1.807, 2.05) is 24.3 Å². The zero-order valence-corrected chi connectivity index (χ0v) is 25.1. The first-order valence-electron chi connectivity index (χ1n) is 9.41. The van der Waals surface area contributed by atoms with E-state index in [4.69, 9.17) is 0 Å². The van der Waals surface area contributed by atoms with E-state index in [2.05, 4.69) is 152 Å². The maximum absolute atomic E-state index is 4.49. The van der Waals surface area contributed by atoms with Crippen molar-refractivity contribution < 1.29 is 36.4 Å². The molecule has 0 saturated carbocycles. The van der Waals surface area contributed by atoms with Crippen molar-refractivity contribution in [1.82, 2.24) is 0 Å². The van der Waals surface area contributed by atoms with Crippen LogP contribution in [0.4, 0.5) is 0 Å². The fraction of sp³-hybridized carbons (Fsp3) is 0.0769. The van der Waals surface area contributed by atoms with E-state index in [1.54, 1.807) is 0 Å². The molecule has 0 heterocycles. The molecule has 0 fully saturated rings. The van der Waals surface area contributed by atoms with E-state index < -0.39 is 0 Å². The van der Waals surface area contributed by atoms with Gasteiger partial charge in [-0.05, 0) is 0 Å². The Kier molecular flexibility index (Phi) is 19.9. The first-order chi connectivity index (χ1) is 15.9. The molecule has 0 aliphatic rings. The van der Waals surface area contributed by atoms with Crippen LogP contribution >= 0.6 is 19.1 Å². The third kappa shape index (κ3) is 14.2. The molecule has 0 aromatic heterocycles. The van der Waals surface area contributed by atoms with Crippen LogP contribution < -0.4 is 8.92 Å². The zero-order valence-electron chi connectivity index (χ0n) is 17.0. The Morgan fingerprint density at radius 2 is 0.844 bits per heavy atom. The van der Waals surface area contributed by atoms with E-state index in [-0.39, 0.29) is 0 Å². The average Bonchev–Trinajstić information content (AvgIpc) is 2.91. The number of benzene rings is 4. The minimum atomic E-state index is 0.541. The summed E-state index contributed by atoms with van der Waals surface area (Å²) in [6.07, 6.45) is 0. The molecule has 0 spiro atoms. The van der Waals surface area contributed by atoms with Crippen molar-refractivity contribution in [3.05, 3.63) is 132 Å². The zero-order chi connectivity index (χ0) is 23.3. The molecule has 0 saturated heterocycles. The SMILES string of the molecule is [Cl][Pd+].[Cl][Pd+].[c-]1ccccc1C[Se]c1ccccc1.[c-]1ccccc1C[Se]c1ccccc1. The van der Waals surface area contributed by atoms with Gasteiger partial charge < -0.3 is 0 Å². The Morgan fingerprint density at radius 3 is 1.16 bits per heavy atom. The summed E-state index contributed by atoms with van der Waals surface area (Å²) in [4.78, 5) is 0. The normalized spacial score (nSPS) is 9.19. The number of halogens is 2. The number of rotatable bonds is 6. The van der Waals surface area contributed by atoms with Crippen LogP contribution in [0, 0.1) is 12.1 Å². The van der Waals surface area contributed by atoms with Crippen LogP contribution in [0.15, 0.2) is 109 Å². The van der Waals surface area contributed by atoms with Gasteiger partial charge in [0.25, 0.3) is 0 Å². The van der Waals surface area contributed by atoms with Crippen LogP contribution in [0.25, 0.3) is 0 Å². The number of hydrogen-bond acceptors (Lipinski definition) is 0. The van der Waals surface area contributed by atoms with E-state index >= 15 is 0 Å². The Hall–Kier alpha value is -0.176. The van der Waals surface area contributed by atoms with Crippen LogP contribution in [0.2, 0.25) is 0 Å². The van der Waals surface area contributed by atoms with Crippen LogP contribution in [0.3, 0.4) is 0 Å². The Bertz CT molecular complexity index is 755. The van der Waals surface area contributed by atoms with Gasteiger partial charge >= 0.3 is 237 Å². The molecule has 172 valence electrons. The monoisotopic (exact) mass is 776 g/mol. The van der Waals surface area contributed by atoms with Crippen molar-refractivity contribution in [1.29, 1.82) is 0 Å². The molecule has 0 unspecified atom stereocenters. The third-order valence-electron chi connectivity index (χ3n) is 3.82. The summed E-state index contributed by atoms with van der Waals surface area (Å²) in [5.74, 6) is 0. The fourth-order valence-corrected chi connectivity index (χ4v) is 5.97. The van der Waals surface area contributed by atoms with Gasteiger partial charge in [0.2, 0.25) is 0 Å². The number of hydrogen-bond donors (Lipinski definition) is 0. The molecule has 0 aliphatic heterocycles. The molecular weight excluding hydrogens is 754 g/mol. The molecule has 0 aliphatic carbocycles. The first kappa shape index (κ1) is 29.9. The van der Waals surface area contributed by atoms with E-state index in [0.29, 0.717) is 29.9 Å². The predicted octanol–water partition coefficient (Wildman–Crippen LogP) is 5.41. The van der Waals surface area contributed by atoms with Gasteiger partial charge in [0.05, 0.1) is 0 Å². The summed E-state index contributed by atoms with van der Waals surface area (Å²) in [5.41, 5.74) is 2.63. The molecule has 4 rings (SSSR count). The van der Waals surface area contributed by atoms with Gasteiger partial charge in [-0.3, -0.25) is 0 Å². The first-order valence-corrected chi connectivity index (χ1v) is 17.5. The van der Waals surface area contributed by atoms with Gasteiger partial charge in [0.15, 0.2) is 0 Å². The molecule has 0 N–H and O–H groups in total.